The molecule has 2 unspecified atom stereocenters. The number of aliphatic imine (C=N–C) groups is 2. The molecule has 0 saturated heterocycles. The lowest BCUT2D eigenvalue weighted by atomic mass is 9.75. The summed E-state index contributed by atoms with van der Waals surface area (Å²) in [7, 11) is 2.62. The van der Waals surface area contributed by atoms with Crippen LogP contribution in [0.3, 0.4) is 0 Å². The molecule has 3 aromatic rings. The molecule has 0 aliphatic rings. The zero-order valence-corrected chi connectivity index (χ0v) is 44.3. The molecule has 0 aliphatic carbocycles. The number of nitrogens with zero attached hydrogens (tertiary/aromatic N) is 4. The van der Waals surface area contributed by atoms with Gasteiger partial charge in [0.15, 0.2) is 12.8 Å². The summed E-state index contributed by atoms with van der Waals surface area (Å²) >= 11 is 0. The molecule has 3 aromatic carbocycles. The van der Waals surface area contributed by atoms with Crippen LogP contribution in [0.2, 0.25) is 0 Å². The number of hydrogen-bond donors (Lipinski definition) is 1. The standard InChI is InChI=1S/C51H67F9N5O10P/c1-37(2)65(38(3)4)76(74-31-11-27-61)75-45(33-71-48(39-12-18-42(67-5)19-13-39,40-14-20-43(68-6)21-15-40)41-16-22-44(69-7)23-17-41)32-70-34-47(24-8-28-62-35-72-50(55,56)57,25-9-29-63-36-73-51(58,59)60)26-10-30-64-46(66)49(52,53)54/h12-23,35-38,45H,8-11,24-26,28-34H2,1-7H3,(H,64,66). The van der Waals surface area contributed by atoms with Gasteiger partial charge in [0, 0.05) is 31.7 Å². The molecule has 0 heterocycles. The van der Waals surface area contributed by atoms with Crippen molar-refractivity contribution in [3.05, 3.63) is 89.5 Å². The molecule has 0 aromatic heterocycles. The first kappa shape index (κ1) is 64.8. The maximum atomic E-state index is 13.2. The SMILES string of the molecule is COc1ccc(C(OCC(COCC(CCCN=COC(F)(F)F)(CCCN=COC(F)(F)F)CCCNC(=O)C(F)(F)F)OP(OCCC#N)N(C(C)C)C(C)C)(c2ccc(OC)cc2)c2ccc(OC)cc2)cc1. The molecule has 2 atom stereocenters. The molecule has 0 bridgehead atoms. The number of rotatable bonds is 35. The minimum atomic E-state index is -5.17. The minimum absolute atomic E-state index is 0.00103. The first-order valence-corrected chi connectivity index (χ1v) is 25.3. The van der Waals surface area contributed by atoms with E-state index in [0.29, 0.717) is 33.9 Å². The molecule has 1 N–H and O–H groups in total. The van der Waals surface area contributed by atoms with Crippen LogP contribution in [0.15, 0.2) is 82.8 Å². The van der Waals surface area contributed by atoms with E-state index in [9.17, 15) is 49.6 Å². The van der Waals surface area contributed by atoms with E-state index >= 15 is 0 Å². The number of nitriles is 1. The largest absolute Gasteiger partial charge is 0.573 e. The first-order valence-electron chi connectivity index (χ1n) is 24.1. The second-order valence-electron chi connectivity index (χ2n) is 17.7. The fourth-order valence-electron chi connectivity index (χ4n) is 8.13. The molecular weight excluding hydrogens is 1040 g/mol. The second-order valence-corrected chi connectivity index (χ2v) is 19.1. The van der Waals surface area contributed by atoms with Gasteiger partial charge in [0.05, 0.1) is 60.2 Å². The van der Waals surface area contributed by atoms with Crippen molar-refractivity contribution in [1.29, 1.82) is 5.26 Å². The number of carbonyl (C=O) groups excluding carboxylic acids is 1. The van der Waals surface area contributed by atoms with Gasteiger partial charge < -0.3 is 47.5 Å². The van der Waals surface area contributed by atoms with Crippen molar-refractivity contribution in [3.8, 4) is 23.3 Å². The van der Waals surface area contributed by atoms with E-state index in [2.05, 4.69) is 25.5 Å². The minimum Gasteiger partial charge on any atom is -0.497 e. The summed E-state index contributed by atoms with van der Waals surface area (Å²) in [6.07, 6.45) is -15.3. The van der Waals surface area contributed by atoms with Gasteiger partial charge in [0.2, 0.25) is 0 Å². The topological polar surface area (TPSA) is 164 Å². The van der Waals surface area contributed by atoms with Crippen LogP contribution >= 0.6 is 8.53 Å². The van der Waals surface area contributed by atoms with E-state index in [0.717, 1.165) is 0 Å². The highest BCUT2D eigenvalue weighted by Crippen LogP contribution is 2.49. The number of nitrogens with one attached hydrogen (secondary N) is 1. The van der Waals surface area contributed by atoms with E-state index in [-0.39, 0.29) is 109 Å². The molecule has 15 nitrogen and oxygen atoms in total. The Labute approximate surface area is 438 Å². The maximum absolute atomic E-state index is 13.2. The smallest absolute Gasteiger partial charge is 0.497 e. The van der Waals surface area contributed by atoms with E-state index in [1.165, 1.54) is 21.3 Å². The Bertz CT molecular complexity index is 2080. The van der Waals surface area contributed by atoms with Crippen molar-refractivity contribution in [2.75, 3.05) is 67.4 Å². The molecule has 1 amide bonds. The van der Waals surface area contributed by atoms with Gasteiger partial charge >= 0.3 is 24.8 Å². The number of halogens is 9. The van der Waals surface area contributed by atoms with Crippen LogP contribution in [-0.2, 0) is 38.4 Å². The fourth-order valence-corrected chi connectivity index (χ4v) is 9.81. The predicted octanol–water partition coefficient (Wildman–Crippen LogP) is 11.8. The second kappa shape index (κ2) is 31.7. The van der Waals surface area contributed by atoms with Gasteiger partial charge in [-0.1, -0.05) is 36.4 Å². The van der Waals surface area contributed by atoms with Gasteiger partial charge in [0.25, 0.3) is 8.53 Å². The molecule has 0 spiro atoms. The lowest BCUT2D eigenvalue weighted by Crippen LogP contribution is -2.40. The van der Waals surface area contributed by atoms with Crippen molar-refractivity contribution in [2.45, 2.75) is 115 Å². The molecule has 0 fully saturated rings. The van der Waals surface area contributed by atoms with Crippen molar-refractivity contribution in [3.63, 3.8) is 0 Å². The summed E-state index contributed by atoms with van der Waals surface area (Å²) in [5.74, 6) is -0.483. The number of benzene rings is 3. The van der Waals surface area contributed by atoms with Crippen LogP contribution in [0.1, 0.15) is 89.3 Å². The molecular formula is C51H67F9N5O10P. The number of hydrogen-bond acceptors (Lipinski definition) is 14. The van der Waals surface area contributed by atoms with Crippen LogP contribution in [-0.4, -0.2) is 128 Å². The maximum Gasteiger partial charge on any atom is 0.573 e. The van der Waals surface area contributed by atoms with Gasteiger partial charge in [-0.3, -0.25) is 14.8 Å². The molecule has 76 heavy (non-hydrogen) atoms. The number of alkyl halides is 9. The van der Waals surface area contributed by atoms with E-state index in [1.807, 2.05) is 74.1 Å². The Hall–Kier alpha value is -5.44. The van der Waals surface area contributed by atoms with Gasteiger partial charge in [-0.25, -0.2) is 4.67 Å². The van der Waals surface area contributed by atoms with Crippen LogP contribution in [0.5, 0.6) is 17.2 Å². The fraction of sp³-hybridized carbons (Fsp3) is 0.569. The quantitative estimate of drug-likeness (QED) is 0.0148. The van der Waals surface area contributed by atoms with Crippen LogP contribution in [0.25, 0.3) is 0 Å². The molecule has 0 radical (unpaired) electrons. The summed E-state index contributed by atoms with van der Waals surface area (Å²) in [6, 6.07) is 23.5. The Morgan fingerprint density at radius 3 is 1.50 bits per heavy atom. The number of amides is 1. The zero-order valence-electron chi connectivity index (χ0n) is 43.4. The lowest BCUT2D eigenvalue weighted by Gasteiger charge is -2.40. The van der Waals surface area contributed by atoms with Crippen LogP contribution in [0.4, 0.5) is 39.5 Å². The Morgan fingerprint density at radius 1 is 0.684 bits per heavy atom. The highest BCUT2D eigenvalue weighted by molar-refractivity contribution is 7.44. The Kier molecular flexibility index (Phi) is 27.0. The van der Waals surface area contributed by atoms with E-state index < -0.39 is 57.0 Å². The molecule has 424 valence electrons. The van der Waals surface area contributed by atoms with Crippen LogP contribution < -0.4 is 19.5 Å². The van der Waals surface area contributed by atoms with Gasteiger partial charge in [-0.2, -0.15) is 18.4 Å². The highest BCUT2D eigenvalue weighted by atomic mass is 31.2. The van der Waals surface area contributed by atoms with Gasteiger partial charge in [-0.05, 0) is 125 Å². The zero-order chi connectivity index (χ0) is 56.4. The lowest BCUT2D eigenvalue weighted by molar-refractivity contribution is -0.281. The number of methoxy groups -OCH3 is 3. The summed E-state index contributed by atoms with van der Waals surface area (Å²) in [5, 5.41) is 11.3. The molecule has 0 saturated carbocycles. The van der Waals surface area contributed by atoms with Crippen molar-refractivity contribution in [2.24, 2.45) is 15.4 Å². The summed E-state index contributed by atoms with van der Waals surface area (Å²) in [4.78, 5) is 19.1. The van der Waals surface area contributed by atoms with Crippen molar-refractivity contribution >= 4 is 27.2 Å². The third-order valence-electron chi connectivity index (χ3n) is 11.5. The van der Waals surface area contributed by atoms with Crippen LogP contribution in [0, 0.1) is 16.7 Å². The third kappa shape index (κ3) is 22.3. The highest BCUT2D eigenvalue weighted by Gasteiger charge is 2.41. The third-order valence-corrected chi connectivity index (χ3v) is 13.7. The van der Waals surface area contributed by atoms with E-state index in [4.69, 9.17) is 32.7 Å². The van der Waals surface area contributed by atoms with E-state index in [1.54, 1.807) is 36.4 Å². The molecule has 3 rings (SSSR count). The van der Waals surface area contributed by atoms with Crippen molar-refractivity contribution in [1.82, 2.24) is 9.99 Å². The summed E-state index contributed by atoms with van der Waals surface area (Å²) < 4.78 is 169. The van der Waals surface area contributed by atoms with Gasteiger partial charge in [-0.15, -0.1) is 26.3 Å². The van der Waals surface area contributed by atoms with Gasteiger partial charge in [0.1, 0.15) is 29.0 Å². The normalized spacial score (nSPS) is 14.2. The summed E-state index contributed by atoms with van der Waals surface area (Å²) in [6.45, 7) is 6.26. The molecule has 0 aliphatic heterocycles. The average Bonchev–Trinajstić information content (AvgIpc) is 3.36. The van der Waals surface area contributed by atoms with Crippen molar-refractivity contribution < 1.29 is 86.5 Å². The Morgan fingerprint density at radius 2 is 1.12 bits per heavy atom. The number of ether oxygens (including phenoxy) is 7. The summed E-state index contributed by atoms with van der Waals surface area (Å²) in [5.41, 5.74) is -0.506. The average molecular weight is 1110 g/mol. The number of carbonyl (C=O) groups is 1. The Balaban J connectivity index is 2.22. The molecule has 25 heteroatoms. The predicted molar refractivity (Wildman–Crippen MR) is 266 cm³/mol. The first-order chi connectivity index (χ1) is 35.9. The monoisotopic (exact) mass is 1110 g/mol.